The smallest absolute Gasteiger partial charge is 0.185 e. The largest absolute Gasteiger partial charge is 0.289 e. The van der Waals surface area contributed by atoms with E-state index in [1.165, 1.54) is 0 Å². The molecule has 2 nitrogen and oxygen atoms in total. The topological polar surface area (TPSA) is 34.1 Å². The van der Waals surface area contributed by atoms with E-state index in [0.29, 0.717) is 11.1 Å². The number of benzene rings is 5. The van der Waals surface area contributed by atoms with Gasteiger partial charge in [0.15, 0.2) is 11.6 Å². The molecular formula is C32H22O2. The van der Waals surface area contributed by atoms with Crippen molar-refractivity contribution in [2.75, 3.05) is 0 Å². The van der Waals surface area contributed by atoms with Gasteiger partial charge in [-0.25, -0.2) is 0 Å². The Bertz CT molecular complexity index is 1440. The molecule has 2 heteroatoms. The third kappa shape index (κ3) is 4.48. The highest BCUT2D eigenvalue weighted by Gasteiger charge is 2.06. The Kier molecular flexibility index (Phi) is 5.96. The lowest BCUT2D eigenvalue weighted by Gasteiger charge is -2.03. The highest BCUT2D eigenvalue weighted by molar-refractivity contribution is 6.10. The Balaban J connectivity index is 1.31. The highest BCUT2D eigenvalue weighted by atomic mass is 16.1. The first-order valence-electron chi connectivity index (χ1n) is 11.2. The predicted molar refractivity (Wildman–Crippen MR) is 141 cm³/mol. The zero-order chi connectivity index (χ0) is 23.3. The second-order valence-corrected chi connectivity index (χ2v) is 8.11. The van der Waals surface area contributed by atoms with E-state index in [1.807, 2.05) is 72.8 Å². The number of allylic oxidation sites excluding steroid dienone is 2. The molecule has 0 aromatic heterocycles. The molecule has 0 radical (unpaired) electrons. The quantitative estimate of drug-likeness (QED) is 0.200. The maximum Gasteiger partial charge on any atom is 0.185 e. The van der Waals surface area contributed by atoms with Gasteiger partial charge in [-0.3, -0.25) is 9.59 Å². The second-order valence-electron chi connectivity index (χ2n) is 8.11. The average molecular weight is 439 g/mol. The maximum atomic E-state index is 12.7. The van der Waals surface area contributed by atoms with Crippen molar-refractivity contribution in [2.24, 2.45) is 0 Å². The first kappa shape index (κ1) is 21.3. The number of hydrogen-bond donors (Lipinski definition) is 0. The highest BCUT2D eigenvalue weighted by Crippen LogP contribution is 2.21. The molecule has 0 bridgehead atoms. The van der Waals surface area contributed by atoms with Crippen molar-refractivity contribution in [3.63, 3.8) is 0 Å². The standard InChI is InChI=1S/C32H22O2/c33-31(21-19-25-11-5-9-23-7-1-3-13-29(23)25)27-15-17-28(18-16-27)32(34)22-20-26-12-6-10-24-8-2-4-14-30(24)26/h1-22H/b21-19+,22-20+. The summed E-state index contributed by atoms with van der Waals surface area (Å²) < 4.78 is 0. The summed E-state index contributed by atoms with van der Waals surface area (Å²) >= 11 is 0. The van der Waals surface area contributed by atoms with Gasteiger partial charge >= 0.3 is 0 Å². The molecule has 0 aliphatic rings. The Morgan fingerprint density at radius 1 is 0.441 bits per heavy atom. The van der Waals surface area contributed by atoms with Crippen LogP contribution in [-0.2, 0) is 0 Å². The molecule has 0 saturated carbocycles. The number of hydrogen-bond acceptors (Lipinski definition) is 2. The van der Waals surface area contributed by atoms with E-state index in [9.17, 15) is 9.59 Å². The van der Waals surface area contributed by atoms with Crippen LogP contribution >= 0.6 is 0 Å². The van der Waals surface area contributed by atoms with E-state index < -0.39 is 0 Å². The van der Waals surface area contributed by atoms with E-state index in [-0.39, 0.29) is 11.6 Å². The molecule has 0 heterocycles. The molecule has 0 aliphatic heterocycles. The molecule has 34 heavy (non-hydrogen) atoms. The van der Waals surface area contributed by atoms with Gasteiger partial charge in [0.1, 0.15) is 0 Å². The summed E-state index contributed by atoms with van der Waals surface area (Å²) in [6, 6.07) is 35.1. The fourth-order valence-electron chi connectivity index (χ4n) is 4.11. The Hall–Kier alpha value is -4.56. The van der Waals surface area contributed by atoms with Crippen LogP contribution in [0.25, 0.3) is 33.7 Å². The minimum absolute atomic E-state index is 0.0989. The van der Waals surface area contributed by atoms with Gasteiger partial charge in [-0.1, -0.05) is 121 Å². The van der Waals surface area contributed by atoms with Crippen molar-refractivity contribution in [1.29, 1.82) is 0 Å². The van der Waals surface area contributed by atoms with Crippen LogP contribution in [0.3, 0.4) is 0 Å². The van der Waals surface area contributed by atoms with Gasteiger partial charge in [0, 0.05) is 11.1 Å². The summed E-state index contributed by atoms with van der Waals surface area (Å²) in [5.74, 6) is -0.198. The fourth-order valence-corrected chi connectivity index (χ4v) is 4.11. The van der Waals surface area contributed by atoms with E-state index >= 15 is 0 Å². The van der Waals surface area contributed by atoms with E-state index in [0.717, 1.165) is 32.7 Å². The summed E-state index contributed by atoms with van der Waals surface area (Å²) in [6.07, 6.45) is 6.85. The first-order valence-corrected chi connectivity index (χ1v) is 11.2. The molecule has 5 rings (SSSR count). The Morgan fingerprint density at radius 2 is 0.824 bits per heavy atom. The molecular weight excluding hydrogens is 416 g/mol. The van der Waals surface area contributed by atoms with E-state index in [2.05, 4.69) is 24.3 Å². The van der Waals surface area contributed by atoms with Gasteiger partial charge < -0.3 is 0 Å². The fraction of sp³-hybridized carbons (Fsp3) is 0. The summed E-state index contributed by atoms with van der Waals surface area (Å²) in [5.41, 5.74) is 3.09. The van der Waals surface area contributed by atoms with E-state index in [4.69, 9.17) is 0 Å². The van der Waals surface area contributed by atoms with Crippen LogP contribution < -0.4 is 0 Å². The molecule has 0 unspecified atom stereocenters. The number of ketones is 2. The summed E-state index contributed by atoms with van der Waals surface area (Å²) in [4.78, 5) is 25.4. The molecule has 0 saturated heterocycles. The van der Waals surface area contributed by atoms with Crippen LogP contribution in [-0.4, -0.2) is 11.6 Å². The van der Waals surface area contributed by atoms with Crippen molar-refractivity contribution in [2.45, 2.75) is 0 Å². The molecule has 162 valence electrons. The van der Waals surface area contributed by atoms with Crippen LogP contribution in [0.4, 0.5) is 0 Å². The molecule has 5 aromatic carbocycles. The molecule has 0 spiro atoms. The van der Waals surface area contributed by atoms with Gasteiger partial charge in [0.2, 0.25) is 0 Å². The molecule has 0 fully saturated rings. The number of carbonyl (C=O) groups excluding carboxylic acids is 2. The van der Waals surface area contributed by atoms with Crippen LogP contribution in [0.2, 0.25) is 0 Å². The van der Waals surface area contributed by atoms with Crippen LogP contribution in [0, 0.1) is 0 Å². The van der Waals surface area contributed by atoms with Crippen molar-refractivity contribution in [1.82, 2.24) is 0 Å². The molecule has 0 N–H and O–H groups in total. The molecule has 0 amide bonds. The Labute approximate surface area is 198 Å². The number of rotatable bonds is 6. The summed E-state index contributed by atoms with van der Waals surface area (Å²) in [5, 5.41) is 4.48. The Morgan fingerprint density at radius 3 is 1.26 bits per heavy atom. The zero-order valence-corrected chi connectivity index (χ0v) is 18.5. The maximum absolute atomic E-state index is 12.7. The second kappa shape index (κ2) is 9.51. The first-order chi connectivity index (χ1) is 16.7. The lowest BCUT2D eigenvalue weighted by molar-refractivity contribution is 0.103. The predicted octanol–water partition coefficient (Wildman–Crippen LogP) is 7.79. The van der Waals surface area contributed by atoms with Gasteiger partial charge in [-0.15, -0.1) is 0 Å². The van der Waals surface area contributed by atoms with Crippen LogP contribution in [0.5, 0.6) is 0 Å². The van der Waals surface area contributed by atoms with Crippen molar-refractivity contribution >= 4 is 45.3 Å². The average Bonchev–Trinajstić information content (AvgIpc) is 2.90. The minimum Gasteiger partial charge on any atom is -0.289 e. The zero-order valence-electron chi connectivity index (χ0n) is 18.5. The monoisotopic (exact) mass is 438 g/mol. The van der Waals surface area contributed by atoms with Gasteiger partial charge in [-0.05, 0) is 44.8 Å². The van der Waals surface area contributed by atoms with Crippen molar-refractivity contribution in [3.05, 3.63) is 144 Å². The summed E-state index contributed by atoms with van der Waals surface area (Å²) in [6.45, 7) is 0. The molecule has 0 atom stereocenters. The third-order valence-electron chi connectivity index (χ3n) is 5.93. The molecule has 0 aliphatic carbocycles. The van der Waals surface area contributed by atoms with Crippen LogP contribution in [0.1, 0.15) is 31.8 Å². The normalized spacial score (nSPS) is 11.5. The van der Waals surface area contributed by atoms with Gasteiger partial charge in [-0.2, -0.15) is 0 Å². The number of fused-ring (bicyclic) bond motifs is 2. The van der Waals surface area contributed by atoms with E-state index in [1.54, 1.807) is 36.4 Å². The van der Waals surface area contributed by atoms with Gasteiger partial charge in [0.25, 0.3) is 0 Å². The number of carbonyl (C=O) groups is 2. The van der Waals surface area contributed by atoms with Gasteiger partial charge in [0.05, 0.1) is 0 Å². The third-order valence-corrected chi connectivity index (χ3v) is 5.93. The van der Waals surface area contributed by atoms with Crippen molar-refractivity contribution in [3.8, 4) is 0 Å². The van der Waals surface area contributed by atoms with Crippen molar-refractivity contribution < 1.29 is 9.59 Å². The lowest BCUT2D eigenvalue weighted by atomic mass is 10.0. The molecule has 5 aromatic rings. The summed E-state index contributed by atoms with van der Waals surface area (Å²) in [7, 11) is 0. The van der Waals surface area contributed by atoms with Crippen LogP contribution in [0.15, 0.2) is 121 Å². The SMILES string of the molecule is O=C(/C=C/c1cccc2ccccc12)c1ccc(C(=O)/C=C/c2cccc3ccccc23)cc1. The lowest BCUT2D eigenvalue weighted by Crippen LogP contribution is -1.98. The minimum atomic E-state index is -0.0989.